The highest BCUT2D eigenvalue weighted by molar-refractivity contribution is 7.09. The van der Waals surface area contributed by atoms with E-state index in [1.165, 1.54) is 12.1 Å². The van der Waals surface area contributed by atoms with Gasteiger partial charge < -0.3 is 5.32 Å². The van der Waals surface area contributed by atoms with Crippen LogP contribution in [0.4, 0.5) is 8.78 Å². The van der Waals surface area contributed by atoms with E-state index in [0.29, 0.717) is 0 Å². The van der Waals surface area contributed by atoms with Crippen LogP contribution in [0.25, 0.3) is 0 Å². The Morgan fingerprint density at radius 1 is 1.22 bits per heavy atom. The molecule has 2 rings (SSSR count). The van der Waals surface area contributed by atoms with Crippen LogP contribution in [0.15, 0.2) is 35.8 Å². The number of benzene rings is 1. The zero-order chi connectivity index (χ0) is 13.0. The largest absolute Gasteiger partial charge is 0.305 e. The normalized spacial score (nSPS) is 12.9. The minimum Gasteiger partial charge on any atom is -0.305 e. The van der Waals surface area contributed by atoms with Crippen molar-refractivity contribution < 1.29 is 8.78 Å². The van der Waals surface area contributed by atoms with Crippen molar-refractivity contribution in [3.05, 3.63) is 52.0 Å². The van der Waals surface area contributed by atoms with Crippen molar-refractivity contribution in [2.75, 3.05) is 6.54 Å². The first-order valence-electron chi connectivity index (χ1n) is 5.73. The molecule has 1 aromatic carbocycles. The third-order valence-electron chi connectivity index (χ3n) is 2.63. The van der Waals surface area contributed by atoms with Gasteiger partial charge in [0.25, 0.3) is 6.43 Å². The summed E-state index contributed by atoms with van der Waals surface area (Å²) in [5.74, 6) is 0. The molecular weight excluding hydrogens is 254 g/mol. The quantitative estimate of drug-likeness (QED) is 0.892. The van der Waals surface area contributed by atoms with Gasteiger partial charge in [0.1, 0.15) is 5.01 Å². The Kier molecular flexibility index (Phi) is 4.38. The minimum atomic E-state index is -2.42. The summed E-state index contributed by atoms with van der Waals surface area (Å²) >= 11 is 1.55. The summed E-state index contributed by atoms with van der Waals surface area (Å²) in [5.41, 5.74) is 1.00. The summed E-state index contributed by atoms with van der Waals surface area (Å²) in [5, 5.41) is 6.17. The van der Waals surface area contributed by atoms with Gasteiger partial charge >= 0.3 is 0 Å². The molecule has 0 fully saturated rings. The average molecular weight is 268 g/mol. The van der Waals surface area contributed by atoms with Gasteiger partial charge in [0.2, 0.25) is 0 Å². The molecule has 1 atom stereocenters. The molecule has 2 aromatic rings. The van der Waals surface area contributed by atoms with E-state index in [2.05, 4.69) is 10.3 Å². The third kappa shape index (κ3) is 2.91. The van der Waals surface area contributed by atoms with E-state index in [-0.39, 0.29) is 11.6 Å². The summed E-state index contributed by atoms with van der Waals surface area (Å²) < 4.78 is 25.0. The minimum absolute atomic E-state index is 0.0262. The fraction of sp³-hybridized carbons (Fsp3) is 0.308. The maximum Gasteiger partial charge on any atom is 0.263 e. The molecule has 0 radical (unpaired) electrons. The summed E-state index contributed by atoms with van der Waals surface area (Å²) in [6.07, 6.45) is -0.672. The van der Waals surface area contributed by atoms with Crippen LogP contribution in [0.3, 0.4) is 0 Å². The molecule has 0 spiro atoms. The zero-order valence-electron chi connectivity index (χ0n) is 9.94. The summed E-state index contributed by atoms with van der Waals surface area (Å²) in [6, 6.07) is 6.38. The number of nitrogens with zero attached hydrogens (tertiary/aromatic N) is 1. The van der Waals surface area contributed by atoms with Crippen molar-refractivity contribution in [1.29, 1.82) is 0 Å². The van der Waals surface area contributed by atoms with Crippen LogP contribution in [0.2, 0.25) is 0 Å². The van der Waals surface area contributed by atoms with Crippen LogP contribution in [0.5, 0.6) is 0 Å². The Balaban J connectivity index is 2.26. The lowest BCUT2D eigenvalue weighted by molar-refractivity contribution is 0.151. The predicted octanol–water partition coefficient (Wildman–Crippen LogP) is 3.78. The number of nitrogens with one attached hydrogen (secondary N) is 1. The number of halogens is 2. The molecule has 0 saturated heterocycles. The van der Waals surface area contributed by atoms with E-state index in [9.17, 15) is 8.78 Å². The molecule has 0 aliphatic heterocycles. The SMILES string of the molecule is CCNC(c1ccc(C(F)F)cc1)c1nccs1. The molecule has 1 unspecified atom stereocenters. The van der Waals surface area contributed by atoms with Crippen LogP contribution in [-0.2, 0) is 0 Å². The lowest BCUT2D eigenvalue weighted by Gasteiger charge is -2.16. The molecule has 0 bridgehead atoms. The van der Waals surface area contributed by atoms with Gasteiger partial charge in [-0.05, 0) is 12.1 Å². The average Bonchev–Trinajstić information content (AvgIpc) is 2.90. The fourth-order valence-electron chi connectivity index (χ4n) is 1.76. The van der Waals surface area contributed by atoms with Crippen LogP contribution in [0, 0.1) is 0 Å². The number of rotatable bonds is 5. The standard InChI is InChI=1S/C13H14F2N2S/c1-2-16-11(13-17-7-8-18-13)9-3-5-10(6-4-9)12(14)15/h3-8,11-12,16H,2H2,1H3. The number of aromatic nitrogens is 1. The maximum atomic E-state index is 12.5. The van der Waals surface area contributed by atoms with Gasteiger partial charge in [-0.25, -0.2) is 13.8 Å². The van der Waals surface area contributed by atoms with Crippen molar-refractivity contribution >= 4 is 11.3 Å². The summed E-state index contributed by atoms with van der Waals surface area (Å²) in [6.45, 7) is 2.80. The van der Waals surface area contributed by atoms with Crippen LogP contribution >= 0.6 is 11.3 Å². The first-order chi connectivity index (χ1) is 8.72. The highest BCUT2D eigenvalue weighted by Crippen LogP contribution is 2.26. The summed E-state index contributed by atoms with van der Waals surface area (Å²) in [7, 11) is 0. The lowest BCUT2D eigenvalue weighted by atomic mass is 10.1. The van der Waals surface area contributed by atoms with E-state index in [4.69, 9.17) is 0 Å². The zero-order valence-corrected chi connectivity index (χ0v) is 10.8. The second-order valence-corrected chi connectivity index (χ2v) is 4.75. The molecule has 1 heterocycles. The third-order valence-corrected chi connectivity index (χ3v) is 3.47. The monoisotopic (exact) mass is 268 g/mol. The van der Waals surface area contributed by atoms with Gasteiger partial charge in [0.05, 0.1) is 6.04 Å². The van der Waals surface area contributed by atoms with E-state index in [1.54, 1.807) is 29.7 Å². The first-order valence-corrected chi connectivity index (χ1v) is 6.61. The molecule has 2 nitrogen and oxygen atoms in total. The van der Waals surface area contributed by atoms with Crippen LogP contribution in [-0.4, -0.2) is 11.5 Å². The van der Waals surface area contributed by atoms with Crippen LogP contribution in [0.1, 0.15) is 35.5 Å². The molecule has 1 N–H and O–H groups in total. The number of alkyl halides is 2. The molecule has 1 aromatic heterocycles. The molecular formula is C13H14F2N2S. The van der Waals surface area contributed by atoms with Gasteiger partial charge in [0.15, 0.2) is 0 Å². The Morgan fingerprint density at radius 2 is 1.89 bits per heavy atom. The van der Waals surface area contributed by atoms with Crippen molar-refractivity contribution in [1.82, 2.24) is 10.3 Å². The van der Waals surface area contributed by atoms with E-state index < -0.39 is 6.43 Å². The van der Waals surface area contributed by atoms with E-state index in [1.807, 2.05) is 12.3 Å². The Bertz CT molecular complexity index is 468. The Labute approximate surface area is 109 Å². The molecule has 0 aliphatic carbocycles. The molecule has 96 valence electrons. The first kappa shape index (κ1) is 13.1. The molecule has 5 heteroatoms. The summed E-state index contributed by atoms with van der Waals surface area (Å²) in [4.78, 5) is 4.28. The predicted molar refractivity (Wildman–Crippen MR) is 69.0 cm³/mol. The Hall–Kier alpha value is -1.33. The van der Waals surface area contributed by atoms with Crippen LogP contribution < -0.4 is 5.32 Å². The van der Waals surface area contributed by atoms with Gasteiger partial charge in [0, 0.05) is 17.1 Å². The molecule has 0 saturated carbocycles. The van der Waals surface area contributed by atoms with Gasteiger partial charge in [-0.3, -0.25) is 0 Å². The number of hydrogen-bond acceptors (Lipinski definition) is 3. The molecule has 0 amide bonds. The van der Waals surface area contributed by atoms with Crippen molar-refractivity contribution in [3.63, 3.8) is 0 Å². The number of hydrogen-bond donors (Lipinski definition) is 1. The van der Waals surface area contributed by atoms with Crippen molar-refractivity contribution in [2.24, 2.45) is 0 Å². The highest BCUT2D eigenvalue weighted by Gasteiger charge is 2.16. The van der Waals surface area contributed by atoms with Gasteiger partial charge in [-0.1, -0.05) is 31.2 Å². The maximum absolute atomic E-state index is 12.5. The second kappa shape index (κ2) is 6.02. The Morgan fingerprint density at radius 3 is 2.39 bits per heavy atom. The molecule has 18 heavy (non-hydrogen) atoms. The van der Waals surface area contributed by atoms with E-state index in [0.717, 1.165) is 17.1 Å². The van der Waals surface area contributed by atoms with Crippen molar-refractivity contribution in [2.45, 2.75) is 19.4 Å². The van der Waals surface area contributed by atoms with Gasteiger partial charge in [-0.2, -0.15) is 0 Å². The van der Waals surface area contributed by atoms with Crippen molar-refractivity contribution in [3.8, 4) is 0 Å². The topological polar surface area (TPSA) is 24.9 Å². The fourth-order valence-corrected chi connectivity index (χ4v) is 2.50. The number of thiazole rings is 1. The highest BCUT2D eigenvalue weighted by atomic mass is 32.1. The second-order valence-electron chi connectivity index (χ2n) is 3.83. The molecule has 0 aliphatic rings. The smallest absolute Gasteiger partial charge is 0.263 e. The van der Waals surface area contributed by atoms with E-state index >= 15 is 0 Å². The van der Waals surface area contributed by atoms with Gasteiger partial charge in [-0.15, -0.1) is 11.3 Å². The lowest BCUT2D eigenvalue weighted by Crippen LogP contribution is -2.21.